The number of aryl methyl sites for hydroxylation is 1. The minimum absolute atomic E-state index is 0. The van der Waals surface area contributed by atoms with Crippen LogP contribution < -0.4 is 0 Å². The first-order valence-corrected chi connectivity index (χ1v) is 9.03. The van der Waals surface area contributed by atoms with E-state index in [1.165, 1.54) is 48.9 Å². The van der Waals surface area contributed by atoms with Crippen molar-refractivity contribution in [3.63, 3.8) is 0 Å². The van der Waals surface area contributed by atoms with E-state index in [1.807, 2.05) is 13.0 Å². The van der Waals surface area contributed by atoms with Gasteiger partial charge in [0.05, 0.1) is 0 Å². The Morgan fingerprint density at radius 3 is 2.59 bits per heavy atom. The van der Waals surface area contributed by atoms with Crippen LogP contribution in [0.1, 0.15) is 36.8 Å². The molecule has 0 radical (unpaired) electrons. The molecule has 1 aromatic rings. The average Bonchev–Trinajstić information content (AvgIpc) is 2.45. The van der Waals surface area contributed by atoms with E-state index in [1.54, 1.807) is 0 Å². The molecule has 2 rings (SSSR count). The number of aromatic hydroxyl groups is 1. The highest BCUT2D eigenvalue weighted by Gasteiger charge is 2.11. The number of hydrogen-bond donors (Lipinski definition) is 1. The van der Waals surface area contributed by atoms with Crippen LogP contribution in [0.15, 0.2) is 12.1 Å². The fourth-order valence-corrected chi connectivity index (χ4v) is 3.89. The topological polar surface area (TPSA) is 26.7 Å². The third-order valence-corrected chi connectivity index (χ3v) is 4.87. The summed E-state index contributed by atoms with van der Waals surface area (Å²) in [4.78, 5) is 4.90. The zero-order valence-electron chi connectivity index (χ0n) is 13.6. The summed E-state index contributed by atoms with van der Waals surface area (Å²) in [5.74, 6) is 0.457. The molecule has 0 atom stereocenters. The van der Waals surface area contributed by atoms with Crippen LogP contribution in [0.25, 0.3) is 0 Å². The van der Waals surface area contributed by atoms with E-state index < -0.39 is 0 Å². The van der Waals surface area contributed by atoms with E-state index in [9.17, 15) is 5.11 Å². The van der Waals surface area contributed by atoms with Gasteiger partial charge in [-0.1, -0.05) is 6.42 Å². The molecule has 0 aliphatic carbocycles. The number of benzene rings is 1. The van der Waals surface area contributed by atoms with Crippen LogP contribution in [0, 0.1) is 10.5 Å². The predicted molar refractivity (Wildman–Crippen MR) is 104 cm³/mol. The highest BCUT2D eigenvalue weighted by atomic mass is 127. The zero-order valence-corrected chi connectivity index (χ0v) is 16.6. The molecule has 1 saturated heterocycles. The average molecular weight is 439 g/mol. The number of phenolic OH excluding ortho intramolecular Hbond substituents is 1. The molecule has 0 bridgehead atoms. The minimum Gasteiger partial charge on any atom is -0.507 e. The quantitative estimate of drug-likeness (QED) is 0.679. The van der Waals surface area contributed by atoms with Gasteiger partial charge in [-0.15, -0.1) is 12.4 Å². The number of hydrogen-bond acceptors (Lipinski definition) is 3. The fraction of sp³-hybridized carbons (Fsp3) is 0.647. The van der Waals surface area contributed by atoms with Crippen LogP contribution >= 0.6 is 35.0 Å². The first kappa shape index (κ1) is 20.0. The summed E-state index contributed by atoms with van der Waals surface area (Å²) in [7, 11) is 2.14. The van der Waals surface area contributed by atoms with Crippen LogP contribution in [-0.4, -0.2) is 48.1 Å². The molecule has 1 heterocycles. The van der Waals surface area contributed by atoms with Crippen molar-refractivity contribution in [3.8, 4) is 5.75 Å². The van der Waals surface area contributed by atoms with Crippen LogP contribution in [0.2, 0.25) is 0 Å². The van der Waals surface area contributed by atoms with E-state index in [2.05, 4.69) is 45.5 Å². The maximum absolute atomic E-state index is 10.2. The molecule has 126 valence electrons. The summed E-state index contributed by atoms with van der Waals surface area (Å²) in [6, 6.07) is 4.11. The lowest BCUT2D eigenvalue weighted by atomic mass is 10.1. The Morgan fingerprint density at radius 2 is 1.91 bits per heavy atom. The first-order chi connectivity index (χ1) is 10.1. The molecule has 0 spiro atoms. The van der Waals surface area contributed by atoms with Crippen molar-refractivity contribution in [2.45, 2.75) is 39.2 Å². The summed E-state index contributed by atoms with van der Waals surface area (Å²) < 4.78 is 1.19. The van der Waals surface area contributed by atoms with Crippen molar-refractivity contribution in [2.75, 3.05) is 33.2 Å². The van der Waals surface area contributed by atoms with E-state index in [0.717, 1.165) is 24.2 Å². The van der Waals surface area contributed by atoms with E-state index >= 15 is 0 Å². The van der Waals surface area contributed by atoms with Crippen LogP contribution in [0.3, 0.4) is 0 Å². The Labute approximate surface area is 154 Å². The minimum atomic E-state index is 0. The molecular weight excluding hydrogens is 411 g/mol. The van der Waals surface area contributed by atoms with Crippen LogP contribution in [0.4, 0.5) is 0 Å². The van der Waals surface area contributed by atoms with Gasteiger partial charge < -0.3 is 14.9 Å². The van der Waals surface area contributed by atoms with Gasteiger partial charge in [-0.05, 0) is 99.7 Å². The molecule has 1 fully saturated rings. The molecule has 1 aliphatic rings. The number of likely N-dealkylation sites (tertiary alicyclic amines) is 1. The molecule has 0 aromatic heterocycles. The molecule has 1 N–H and O–H groups in total. The summed E-state index contributed by atoms with van der Waals surface area (Å²) in [5.41, 5.74) is 2.01. The summed E-state index contributed by atoms with van der Waals surface area (Å²) in [6.07, 6.45) is 5.35. The number of phenols is 1. The standard InChI is InChI=1S/C17H27IN2O.ClH/c1-14-11-16(18)12-15(17(14)21)13-19(2)7-6-10-20-8-4-3-5-9-20;/h11-12,21H,3-10,13H2,1-2H3;1H. The Hall–Kier alpha value is -0.0400. The van der Waals surface area contributed by atoms with Gasteiger partial charge in [0, 0.05) is 15.7 Å². The van der Waals surface area contributed by atoms with Crippen LogP contribution in [0.5, 0.6) is 5.75 Å². The molecule has 0 unspecified atom stereocenters. The van der Waals surface area contributed by atoms with Crippen molar-refractivity contribution < 1.29 is 5.11 Å². The highest BCUT2D eigenvalue weighted by Crippen LogP contribution is 2.25. The molecule has 5 heteroatoms. The Bertz CT molecular complexity index is 464. The Kier molecular flexibility index (Phi) is 9.05. The van der Waals surface area contributed by atoms with Gasteiger partial charge in [0.25, 0.3) is 0 Å². The van der Waals surface area contributed by atoms with E-state index in [0.29, 0.717) is 5.75 Å². The predicted octanol–water partition coefficient (Wildman–Crippen LogP) is 4.03. The molecular formula is C17H28ClIN2O. The second kappa shape index (κ2) is 9.96. The SMILES string of the molecule is Cc1cc(I)cc(CN(C)CCCN2CCCCC2)c1O.Cl. The second-order valence-corrected chi connectivity index (χ2v) is 7.47. The first-order valence-electron chi connectivity index (χ1n) is 7.95. The maximum atomic E-state index is 10.2. The van der Waals surface area contributed by atoms with Gasteiger partial charge in [0.1, 0.15) is 5.75 Å². The second-order valence-electron chi connectivity index (χ2n) is 6.22. The van der Waals surface area contributed by atoms with Crippen molar-refractivity contribution in [1.29, 1.82) is 0 Å². The largest absolute Gasteiger partial charge is 0.507 e. The van der Waals surface area contributed by atoms with E-state index in [4.69, 9.17) is 0 Å². The van der Waals surface area contributed by atoms with Crippen LogP contribution in [-0.2, 0) is 6.54 Å². The van der Waals surface area contributed by atoms with Gasteiger partial charge in [0.2, 0.25) is 0 Å². The fourth-order valence-electron chi connectivity index (χ4n) is 3.04. The zero-order chi connectivity index (χ0) is 15.2. The smallest absolute Gasteiger partial charge is 0.123 e. The van der Waals surface area contributed by atoms with Crippen molar-refractivity contribution in [1.82, 2.24) is 9.80 Å². The summed E-state index contributed by atoms with van der Waals surface area (Å²) in [5, 5.41) is 10.2. The summed E-state index contributed by atoms with van der Waals surface area (Å²) >= 11 is 2.32. The van der Waals surface area contributed by atoms with Crippen molar-refractivity contribution in [2.24, 2.45) is 0 Å². The molecule has 22 heavy (non-hydrogen) atoms. The summed E-state index contributed by atoms with van der Waals surface area (Å²) in [6.45, 7) is 7.64. The van der Waals surface area contributed by atoms with Gasteiger partial charge in [-0.3, -0.25) is 0 Å². The maximum Gasteiger partial charge on any atom is 0.123 e. The highest BCUT2D eigenvalue weighted by molar-refractivity contribution is 14.1. The van der Waals surface area contributed by atoms with Gasteiger partial charge in [-0.25, -0.2) is 0 Å². The Balaban J connectivity index is 0.00000242. The van der Waals surface area contributed by atoms with Gasteiger partial charge in [-0.2, -0.15) is 0 Å². The third kappa shape index (κ3) is 6.22. The Morgan fingerprint density at radius 1 is 1.23 bits per heavy atom. The number of piperidine rings is 1. The van der Waals surface area contributed by atoms with Crippen molar-refractivity contribution in [3.05, 3.63) is 26.8 Å². The molecule has 0 saturated carbocycles. The monoisotopic (exact) mass is 438 g/mol. The molecule has 0 amide bonds. The molecule has 1 aromatic carbocycles. The molecule has 1 aliphatic heterocycles. The number of rotatable bonds is 6. The van der Waals surface area contributed by atoms with Gasteiger partial charge in [0.15, 0.2) is 0 Å². The number of halogens is 2. The van der Waals surface area contributed by atoms with Crippen molar-refractivity contribution >= 4 is 35.0 Å². The van der Waals surface area contributed by atoms with E-state index in [-0.39, 0.29) is 12.4 Å². The lowest BCUT2D eigenvalue weighted by Gasteiger charge is -2.27. The normalized spacial score (nSPS) is 15.8. The third-order valence-electron chi connectivity index (χ3n) is 4.25. The lowest BCUT2D eigenvalue weighted by molar-refractivity contribution is 0.210. The molecule has 3 nitrogen and oxygen atoms in total. The van der Waals surface area contributed by atoms with Gasteiger partial charge >= 0.3 is 0 Å². The lowest BCUT2D eigenvalue weighted by Crippen LogP contribution is -2.32. The number of nitrogens with zero attached hydrogens (tertiary/aromatic N) is 2.